The van der Waals surface area contributed by atoms with E-state index in [2.05, 4.69) is 10.3 Å². The molecular weight excluding hydrogens is 1150 g/mol. The number of guanidine groups is 1. The Morgan fingerprint density at radius 1 is 0.358 bits per heavy atom. The van der Waals surface area contributed by atoms with Crippen LogP contribution in [0.2, 0.25) is 0 Å². The zero-order valence-electron chi connectivity index (χ0n) is 40.5. The van der Waals surface area contributed by atoms with Crippen LogP contribution in [0.15, 0.2) is 114 Å². The van der Waals surface area contributed by atoms with Crippen LogP contribution in [0.1, 0.15) is 69.5 Å². The third kappa shape index (κ3) is 12.7. The molecule has 6 aromatic rings. The Hall–Kier alpha value is -7.13. The number of aliphatic hydroxyl groups is 1. The van der Waals surface area contributed by atoms with E-state index in [1.54, 1.807) is 13.8 Å². The SMILES string of the molecule is CC1(C)CN=C2N[C@H](C(O)(c3cc(-c4cc(C(F)(F)F)cc(C(F)(F)F)c4)cc(-c4cc(C(F)(F)F)cc(C(F)(F)F)c4)c3)c3cc(-c4cc(C(F)(F)F)cc(C(F)(F)F)c4)cc(-c4cc(C(F)(F)F)cc(C(F)(F)F)c4)c3)CN2C1. The minimum absolute atomic E-state index is 0.00813. The van der Waals surface area contributed by atoms with E-state index in [1.165, 1.54) is 4.90 Å². The van der Waals surface area contributed by atoms with Gasteiger partial charge in [-0.05, 0) is 165 Å². The first kappa shape index (κ1) is 60.0. The van der Waals surface area contributed by atoms with E-state index in [4.69, 9.17) is 0 Å². The molecule has 0 bridgehead atoms. The number of aliphatic imine (C=N–C) groups is 1. The minimum Gasteiger partial charge on any atom is -0.378 e. The van der Waals surface area contributed by atoms with Crippen LogP contribution >= 0.6 is 0 Å². The molecule has 81 heavy (non-hydrogen) atoms. The second kappa shape index (κ2) is 19.5. The maximum atomic E-state index is 14.4. The molecule has 28 heteroatoms. The summed E-state index contributed by atoms with van der Waals surface area (Å²) in [4.78, 5) is 5.78. The lowest BCUT2D eigenvalue weighted by Gasteiger charge is -2.37. The Bertz CT molecular complexity index is 2930. The zero-order valence-corrected chi connectivity index (χ0v) is 40.5. The van der Waals surface area contributed by atoms with E-state index in [0.29, 0.717) is 36.4 Å². The van der Waals surface area contributed by atoms with E-state index in [0.717, 1.165) is 0 Å². The first-order valence-corrected chi connectivity index (χ1v) is 23.0. The predicted molar refractivity (Wildman–Crippen MR) is 242 cm³/mol. The van der Waals surface area contributed by atoms with Gasteiger partial charge in [0, 0.05) is 25.0 Å². The maximum Gasteiger partial charge on any atom is 0.416 e. The molecule has 2 aliphatic heterocycles. The Morgan fingerprint density at radius 3 is 0.790 bits per heavy atom. The highest BCUT2D eigenvalue weighted by atomic mass is 19.4. The molecule has 8 rings (SSSR count). The van der Waals surface area contributed by atoms with Gasteiger partial charge >= 0.3 is 49.4 Å². The zero-order chi connectivity index (χ0) is 60.4. The molecule has 1 fully saturated rings. The number of fused-ring (bicyclic) bond motifs is 1. The summed E-state index contributed by atoms with van der Waals surface area (Å²) in [6, 6.07) is 0.398. The van der Waals surface area contributed by atoms with Gasteiger partial charge in [-0.15, -0.1) is 0 Å². The molecule has 6 aromatic carbocycles. The molecule has 0 aliphatic carbocycles. The molecule has 0 aromatic heterocycles. The molecule has 2 N–H and O–H groups in total. The molecule has 4 nitrogen and oxygen atoms in total. The van der Waals surface area contributed by atoms with Gasteiger partial charge in [0.25, 0.3) is 0 Å². The van der Waals surface area contributed by atoms with Gasteiger partial charge in [-0.1, -0.05) is 13.8 Å². The largest absolute Gasteiger partial charge is 0.416 e. The number of rotatable bonds is 7. The van der Waals surface area contributed by atoms with Crippen molar-refractivity contribution in [1.82, 2.24) is 10.2 Å². The van der Waals surface area contributed by atoms with Crippen molar-refractivity contribution >= 4 is 5.96 Å². The standard InChI is InChI=1S/C53H33F24N3O/c1-44(2)22-78-43-79-42(21-80(43)23-44)45(81,32-5-24(28-9-34(46(54,55)56)17-35(10-28)47(57,58)59)3-25(6-32)29-11-36(48(60,61)62)18-37(12-29)49(63,64)65)33-7-26(30-13-38(50(66,67)68)19-39(14-30)51(69,70)71)4-27(8-33)31-15-40(52(72,73)74)20-41(16-31)53(75,76)77/h3-20,42,81H,21-23H2,1-2H3,(H,78,79)/t42-/m0/s1. The summed E-state index contributed by atoms with van der Waals surface area (Å²) in [5.74, 6) is -0.133. The Kier molecular flexibility index (Phi) is 14.5. The second-order valence-corrected chi connectivity index (χ2v) is 19.9. The van der Waals surface area contributed by atoms with Gasteiger partial charge in [-0.25, -0.2) is 0 Å². The van der Waals surface area contributed by atoms with E-state index >= 15 is 0 Å². The summed E-state index contributed by atoms with van der Waals surface area (Å²) in [7, 11) is 0. The molecule has 0 spiro atoms. The average molecular weight is 1180 g/mol. The van der Waals surface area contributed by atoms with Crippen LogP contribution in [0.25, 0.3) is 44.5 Å². The van der Waals surface area contributed by atoms with E-state index in [9.17, 15) is 110 Å². The van der Waals surface area contributed by atoms with Gasteiger partial charge in [0.2, 0.25) is 0 Å². The van der Waals surface area contributed by atoms with Crippen molar-refractivity contribution in [3.05, 3.63) is 165 Å². The molecule has 2 aliphatic rings. The molecular formula is C53H33F24N3O. The van der Waals surface area contributed by atoms with Crippen molar-refractivity contribution < 1.29 is 110 Å². The normalized spacial score (nSPS) is 16.8. The van der Waals surface area contributed by atoms with Gasteiger partial charge in [-0.2, -0.15) is 105 Å². The number of hydrogen-bond acceptors (Lipinski definition) is 4. The third-order valence-electron chi connectivity index (χ3n) is 13.2. The summed E-state index contributed by atoms with van der Waals surface area (Å²) in [6.45, 7) is 2.71. The second-order valence-electron chi connectivity index (χ2n) is 19.9. The molecule has 0 saturated carbocycles. The van der Waals surface area contributed by atoms with Crippen LogP contribution < -0.4 is 5.32 Å². The fourth-order valence-electron chi connectivity index (χ4n) is 9.39. The summed E-state index contributed by atoms with van der Waals surface area (Å²) in [5.41, 5.74) is -31.0. The first-order chi connectivity index (χ1) is 36.7. The van der Waals surface area contributed by atoms with Crippen LogP contribution in [0, 0.1) is 5.41 Å². The molecule has 0 unspecified atom stereocenters. The third-order valence-corrected chi connectivity index (χ3v) is 13.2. The highest BCUT2D eigenvalue weighted by molar-refractivity contribution is 5.85. The number of halogens is 24. The van der Waals surface area contributed by atoms with Crippen LogP contribution in [-0.2, 0) is 55.0 Å². The summed E-state index contributed by atoms with van der Waals surface area (Å²) in [6.07, 6.45) is -45.0. The van der Waals surface area contributed by atoms with Crippen LogP contribution in [0.5, 0.6) is 0 Å². The Morgan fingerprint density at radius 2 is 0.568 bits per heavy atom. The van der Waals surface area contributed by atoms with Crippen LogP contribution in [0.3, 0.4) is 0 Å². The maximum absolute atomic E-state index is 14.4. The van der Waals surface area contributed by atoms with Crippen molar-refractivity contribution in [1.29, 1.82) is 0 Å². The number of nitrogens with one attached hydrogen (secondary N) is 1. The number of benzene rings is 6. The van der Waals surface area contributed by atoms with E-state index in [-0.39, 0.29) is 91.8 Å². The smallest absolute Gasteiger partial charge is 0.378 e. The molecule has 0 amide bonds. The topological polar surface area (TPSA) is 47.9 Å². The van der Waals surface area contributed by atoms with Gasteiger partial charge in [0.1, 0.15) is 5.60 Å². The molecule has 0 radical (unpaired) electrons. The van der Waals surface area contributed by atoms with Crippen molar-refractivity contribution in [2.45, 2.75) is 74.9 Å². The monoisotopic (exact) mass is 1180 g/mol. The first-order valence-electron chi connectivity index (χ1n) is 23.0. The van der Waals surface area contributed by atoms with Crippen molar-refractivity contribution in [2.75, 3.05) is 19.6 Å². The lowest BCUT2D eigenvalue weighted by atomic mass is 9.76. The molecule has 1 saturated heterocycles. The van der Waals surface area contributed by atoms with Crippen LogP contribution in [0.4, 0.5) is 105 Å². The summed E-state index contributed by atoms with van der Waals surface area (Å²) in [5, 5.41) is 16.6. The van der Waals surface area contributed by atoms with Crippen molar-refractivity contribution in [2.24, 2.45) is 10.4 Å². The Labute approximate surface area is 440 Å². The van der Waals surface area contributed by atoms with Gasteiger partial charge in [0.15, 0.2) is 5.96 Å². The fraction of sp³-hybridized carbons (Fsp3) is 0.302. The minimum atomic E-state index is -5.63. The van der Waals surface area contributed by atoms with Gasteiger partial charge < -0.3 is 15.3 Å². The number of alkyl halides is 24. The molecule has 2 heterocycles. The Balaban J connectivity index is 1.57. The lowest BCUT2D eigenvalue weighted by molar-refractivity contribution is -0.144. The van der Waals surface area contributed by atoms with E-state index in [1.807, 2.05) is 0 Å². The molecule has 434 valence electrons. The van der Waals surface area contributed by atoms with Gasteiger partial charge in [-0.3, -0.25) is 4.99 Å². The van der Waals surface area contributed by atoms with Crippen LogP contribution in [-0.4, -0.2) is 41.6 Å². The molecule has 1 atom stereocenters. The van der Waals surface area contributed by atoms with Crippen molar-refractivity contribution in [3.8, 4) is 44.5 Å². The summed E-state index contributed by atoms with van der Waals surface area (Å²) < 4.78 is 346. The van der Waals surface area contributed by atoms with Gasteiger partial charge in [0.05, 0.1) is 50.5 Å². The highest BCUT2D eigenvalue weighted by Gasteiger charge is 2.49. The quantitative estimate of drug-likeness (QED) is 0.157. The van der Waals surface area contributed by atoms with Crippen molar-refractivity contribution in [3.63, 3.8) is 0 Å². The fourth-order valence-corrected chi connectivity index (χ4v) is 9.39. The lowest BCUT2D eigenvalue weighted by Crippen LogP contribution is -2.48. The highest BCUT2D eigenvalue weighted by Crippen LogP contribution is 2.49. The predicted octanol–water partition coefficient (Wildman–Crippen LogP) is 17.4. The number of nitrogens with zero attached hydrogens (tertiary/aromatic N) is 2. The number of hydrogen-bond donors (Lipinski definition) is 2. The average Bonchev–Trinajstić information content (AvgIpc) is 3.86. The van der Waals surface area contributed by atoms with E-state index < -0.39 is 173 Å². The summed E-state index contributed by atoms with van der Waals surface area (Å²) >= 11 is 0.